The van der Waals surface area contributed by atoms with Gasteiger partial charge in [-0.1, -0.05) is 41.9 Å². The van der Waals surface area contributed by atoms with E-state index in [4.69, 9.17) is 16.3 Å². The van der Waals surface area contributed by atoms with Crippen LogP contribution in [0.1, 0.15) is 12.0 Å². The molecule has 1 aromatic heterocycles. The third-order valence-corrected chi connectivity index (χ3v) is 4.32. The molecule has 3 rings (SSSR count). The lowest BCUT2D eigenvalue weighted by Gasteiger charge is -2.10. The van der Waals surface area contributed by atoms with Gasteiger partial charge in [0, 0.05) is 35.4 Å². The summed E-state index contributed by atoms with van der Waals surface area (Å²) >= 11 is 6.02. The zero-order valence-corrected chi connectivity index (χ0v) is 15.5. The third kappa shape index (κ3) is 5.70. The van der Waals surface area contributed by atoms with Crippen LogP contribution in [0.5, 0.6) is 0 Å². The van der Waals surface area contributed by atoms with E-state index in [1.807, 2.05) is 48.7 Å². The van der Waals surface area contributed by atoms with Crippen LogP contribution in [0.2, 0.25) is 5.02 Å². The molecule has 0 aliphatic carbocycles. The quantitative estimate of drug-likeness (QED) is 0.517. The Hall–Kier alpha value is -2.14. The minimum absolute atomic E-state index is 0.670. The number of hydrogen-bond acceptors (Lipinski definition) is 4. The van der Waals surface area contributed by atoms with Crippen molar-refractivity contribution in [2.24, 2.45) is 0 Å². The molecule has 0 saturated carbocycles. The maximum absolute atomic E-state index is 6.02. The van der Waals surface area contributed by atoms with Gasteiger partial charge in [-0.15, -0.1) is 0 Å². The van der Waals surface area contributed by atoms with E-state index in [0.717, 1.165) is 49.3 Å². The number of pyridine rings is 1. The van der Waals surface area contributed by atoms with Crippen molar-refractivity contribution in [3.8, 4) is 0 Å². The predicted molar refractivity (Wildman–Crippen MR) is 109 cm³/mol. The molecule has 136 valence electrons. The summed E-state index contributed by atoms with van der Waals surface area (Å²) in [6.45, 7) is 4.11. The Kier molecular flexibility index (Phi) is 7.25. The number of anilines is 1. The summed E-state index contributed by atoms with van der Waals surface area (Å²) in [6, 6.07) is 18.0. The van der Waals surface area contributed by atoms with Crippen molar-refractivity contribution in [2.45, 2.75) is 13.0 Å². The molecular formula is C21H24ClN3O. The van der Waals surface area contributed by atoms with Gasteiger partial charge < -0.3 is 15.4 Å². The highest BCUT2D eigenvalue weighted by atomic mass is 35.5. The fourth-order valence-corrected chi connectivity index (χ4v) is 2.91. The molecular weight excluding hydrogens is 346 g/mol. The van der Waals surface area contributed by atoms with Gasteiger partial charge in [0.2, 0.25) is 0 Å². The van der Waals surface area contributed by atoms with Crippen molar-refractivity contribution >= 4 is 28.2 Å². The second-order valence-electron chi connectivity index (χ2n) is 6.09. The summed E-state index contributed by atoms with van der Waals surface area (Å²) in [7, 11) is 0. The zero-order chi connectivity index (χ0) is 18.0. The second kappa shape index (κ2) is 10.1. The van der Waals surface area contributed by atoms with Gasteiger partial charge >= 0.3 is 0 Å². The fourth-order valence-electron chi connectivity index (χ4n) is 2.75. The van der Waals surface area contributed by atoms with Gasteiger partial charge in [0.05, 0.1) is 18.7 Å². The normalized spacial score (nSPS) is 11.0. The monoisotopic (exact) mass is 369 g/mol. The summed E-state index contributed by atoms with van der Waals surface area (Å²) < 4.78 is 5.66. The van der Waals surface area contributed by atoms with Crippen molar-refractivity contribution in [2.75, 3.05) is 31.6 Å². The van der Waals surface area contributed by atoms with Gasteiger partial charge in [-0.05, 0) is 42.8 Å². The summed E-state index contributed by atoms with van der Waals surface area (Å²) in [5.41, 5.74) is 3.22. The van der Waals surface area contributed by atoms with E-state index in [1.165, 1.54) is 5.56 Å². The lowest BCUT2D eigenvalue weighted by atomic mass is 10.2. The Bertz CT molecular complexity index is 811. The molecule has 26 heavy (non-hydrogen) atoms. The van der Waals surface area contributed by atoms with E-state index < -0.39 is 0 Å². The number of aromatic nitrogens is 1. The van der Waals surface area contributed by atoms with Crippen LogP contribution in [0.4, 0.5) is 5.69 Å². The second-order valence-corrected chi connectivity index (χ2v) is 6.52. The van der Waals surface area contributed by atoms with Crippen molar-refractivity contribution in [3.05, 3.63) is 71.4 Å². The highest BCUT2D eigenvalue weighted by Gasteiger charge is 2.02. The summed E-state index contributed by atoms with van der Waals surface area (Å²) in [4.78, 5) is 4.36. The van der Waals surface area contributed by atoms with E-state index in [2.05, 4.69) is 27.8 Å². The average Bonchev–Trinajstić information content (AvgIpc) is 2.67. The van der Waals surface area contributed by atoms with E-state index in [1.54, 1.807) is 0 Å². The molecule has 0 fully saturated rings. The number of nitrogens with zero attached hydrogens (tertiary/aromatic N) is 1. The highest BCUT2D eigenvalue weighted by Crippen LogP contribution is 2.24. The molecule has 0 bridgehead atoms. The molecule has 0 atom stereocenters. The van der Waals surface area contributed by atoms with E-state index in [-0.39, 0.29) is 0 Å². The van der Waals surface area contributed by atoms with Crippen LogP contribution in [0.3, 0.4) is 0 Å². The third-order valence-electron chi connectivity index (χ3n) is 4.09. The fraction of sp³-hybridized carbons (Fsp3) is 0.286. The van der Waals surface area contributed by atoms with Gasteiger partial charge in [0.1, 0.15) is 0 Å². The number of halogens is 1. The van der Waals surface area contributed by atoms with E-state index in [0.29, 0.717) is 11.6 Å². The first kappa shape index (κ1) is 18.6. The summed E-state index contributed by atoms with van der Waals surface area (Å²) in [5, 5.41) is 8.69. The Morgan fingerprint density at radius 3 is 2.73 bits per heavy atom. The minimum atomic E-state index is 0.670. The molecule has 0 spiro atoms. The molecule has 0 radical (unpaired) electrons. The first-order valence-corrected chi connectivity index (χ1v) is 9.31. The molecule has 1 heterocycles. The number of benzene rings is 2. The summed E-state index contributed by atoms with van der Waals surface area (Å²) in [6.07, 6.45) is 2.85. The molecule has 0 aliphatic heterocycles. The molecule has 2 N–H and O–H groups in total. The van der Waals surface area contributed by atoms with Crippen LogP contribution in [-0.2, 0) is 11.3 Å². The van der Waals surface area contributed by atoms with Crippen LogP contribution in [0.25, 0.3) is 10.9 Å². The number of rotatable bonds is 10. The molecule has 0 unspecified atom stereocenters. The standard InChI is InChI=1S/C21H24ClN3O/c22-18-7-8-19-20(9-12-25-21(19)15-18)24-11-4-10-23-13-14-26-16-17-5-2-1-3-6-17/h1-3,5-9,12,15,23H,4,10-11,13-14,16H2,(H,24,25). The van der Waals surface area contributed by atoms with Gasteiger partial charge in [-0.2, -0.15) is 0 Å². The largest absolute Gasteiger partial charge is 0.384 e. The Balaban J connectivity index is 1.29. The smallest absolute Gasteiger partial charge is 0.0737 e. The Labute approximate surface area is 159 Å². The zero-order valence-electron chi connectivity index (χ0n) is 14.7. The minimum Gasteiger partial charge on any atom is -0.384 e. The number of ether oxygens (including phenoxy) is 1. The van der Waals surface area contributed by atoms with Crippen molar-refractivity contribution in [3.63, 3.8) is 0 Å². The van der Waals surface area contributed by atoms with E-state index in [9.17, 15) is 0 Å². The van der Waals surface area contributed by atoms with Gasteiger partial charge in [-0.25, -0.2) is 0 Å². The van der Waals surface area contributed by atoms with E-state index >= 15 is 0 Å². The molecule has 5 heteroatoms. The van der Waals surface area contributed by atoms with Crippen molar-refractivity contribution < 1.29 is 4.74 Å². The van der Waals surface area contributed by atoms with Crippen LogP contribution in [0, 0.1) is 0 Å². The Morgan fingerprint density at radius 2 is 1.85 bits per heavy atom. The Morgan fingerprint density at radius 1 is 0.962 bits per heavy atom. The molecule has 0 aliphatic rings. The topological polar surface area (TPSA) is 46.2 Å². The molecule has 4 nitrogen and oxygen atoms in total. The lowest BCUT2D eigenvalue weighted by Crippen LogP contribution is -2.22. The SMILES string of the molecule is Clc1ccc2c(NCCCNCCOCc3ccccc3)ccnc2c1. The number of nitrogens with one attached hydrogen (secondary N) is 2. The lowest BCUT2D eigenvalue weighted by molar-refractivity contribution is 0.123. The number of fused-ring (bicyclic) bond motifs is 1. The van der Waals surface area contributed by atoms with Gasteiger partial charge in [-0.3, -0.25) is 4.98 Å². The molecule has 3 aromatic rings. The predicted octanol–water partition coefficient (Wildman–Crippen LogP) is 4.50. The number of hydrogen-bond donors (Lipinski definition) is 2. The maximum atomic E-state index is 6.02. The van der Waals surface area contributed by atoms with Crippen LogP contribution in [-0.4, -0.2) is 31.2 Å². The van der Waals surface area contributed by atoms with Gasteiger partial charge in [0.25, 0.3) is 0 Å². The van der Waals surface area contributed by atoms with Crippen LogP contribution < -0.4 is 10.6 Å². The van der Waals surface area contributed by atoms with Crippen molar-refractivity contribution in [1.82, 2.24) is 10.3 Å². The maximum Gasteiger partial charge on any atom is 0.0737 e. The highest BCUT2D eigenvalue weighted by molar-refractivity contribution is 6.31. The van der Waals surface area contributed by atoms with Crippen LogP contribution in [0.15, 0.2) is 60.8 Å². The first-order chi connectivity index (χ1) is 12.8. The van der Waals surface area contributed by atoms with Crippen LogP contribution >= 0.6 is 11.6 Å². The van der Waals surface area contributed by atoms with Gasteiger partial charge in [0.15, 0.2) is 0 Å². The van der Waals surface area contributed by atoms with Crippen molar-refractivity contribution in [1.29, 1.82) is 0 Å². The molecule has 0 amide bonds. The first-order valence-electron chi connectivity index (χ1n) is 8.93. The average molecular weight is 370 g/mol. The molecule has 2 aromatic carbocycles. The summed E-state index contributed by atoms with van der Waals surface area (Å²) in [5.74, 6) is 0. The molecule has 0 saturated heterocycles.